The number of hydrogen-bond donors (Lipinski definition) is 1. The van der Waals surface area contributed by atoms with Gasteiger partial charge in [0.25, 0.3) is 5.91 Å². The molecule has 1 heterocycles. The molecule has 0 radical (unpaired) electrons. The Morgan fingerprint density at radius 3 is 2.65 bits per heavy atom. The Hall–Kier alpha value is -3.25. The van der Waals surface area contributed by atoms with Crippen LogP contribution in [0.3, 0.4) is 0 Å². The van der Waals surface area contributed by atoms with E-state index in [1.165, 1.54) is 0 Å². The Bertz CT molecular complexity index is 1150. The summed E-state index contributed by atoms with van der Waals surface area (Å²) in [5.74, 6) is 0.865. The quantitative estimate of drug-likeness (QED) is 0.591. The zero-order chi connectivity index (χ0) is 22.0. The van der Waals surface area contributed by atoms with Crippen LogP contribution in [0, 0.1) is 13.8 Å². The molecule has 0 aliphatic carbocycles. The largest absolute Gasteiger partial charge is 0.497 e. The van der Waals surface area contributed by atoms with Crippen molar-refractivity contribution in [3.05, 3.63) is 89.0 Å². The van der Waals surface area contributed by atoms with Crippen molar-refractivity contribution in [2.45, 2.75) is 19.2 Å². The van der Waals surface area contributed by atoms with Crippen LogP contribution in [0.15, 0.2) is 66.7 Å². The summed E-state index contributed by atoms with van der Waals surface area (Å²) in [5, 5.41) is 2.81. The molecule has 3 aromatic rings. The van der Waals surface area contributed by atoms with Gasteiger partial charge in [0, 0.05) is 22.5 Å². The molecule has 4 rings (SSSR count). The maximum absolute atomic E-state index is 12.9. The molecule has 1 fully saturated rings. The molecule has 0 spiro atoms. The van der Waals surface area contributed by atoms with Crippen LogP contribution in [0.1, 0.15) is 32.4 Å². The Balaban J connectivity index is 1.67. The summed E-state index contributed by atoms with van der Waals surface area (Å²) in [5.41, 5.74) is 5.21. The highest BCUT2D eigenvalue weighted by molar-refractivity contribution is 8.00. The third-order valence-corrected chi connectivity index (χ3v) is 6.48. The first kappa shape index (κ1) is 21.0. The summed E-state index contributed by atoms with van der Waals surface area (Å²) in [7, 11) is 1.57. The van der Waals surface area contributed by atoms with Crippen LogP contribution in [0.25, 0.3) is 0 Å². The molecule has 0 aromatic heterocycles. The Labute approximate surface area is 186 Å². The normalized spacial score (nSPS) is 15.8. The van der Waals surface area contributed by atoms with Crippen LogP contribution in [-0.2, 0) is 4.79 Å². The molecule has 1 aliphatic rings. The van der Waals surface area contributed by atoms with Gasteiger partial charge in [0.15, 0.2) is 0 Å². The molecule has 2 amide bonds. The maximum Gasteiger partial charge on any atom is 0.255 e. The fourth-order valence-electron chi connectivity index (χ4n) is 3.78. The lowest BCUT2D eigenvalue weighted by Gasteiger charge is -2.27. The first-order chi connectivity index (χ1) is 15.0. The highest BCUT2D eigenvalue weighted by Crippen LogP contribution is 2.45. The van der Waals surface area contributed by atoms with Gasteiger partial charge in [0.2, 0.25) is 5.91 Å². The molecular weight excluding hydrogens is 408 g/mol. The van der Waals surface area contributed by atoms with Gasteiger partial charge in [-0.15, -0.1) is 11.8 Å². The number of carbonyl (C=O) groups is 2. The van der Waals surface area contributed by atoms with E-state index in [2.05, 4.69) is 11.4 Å². The van der Waals surface area contributed by atoms with E-state index in [1.807, 2.05) is 55.1 Å². The number of anilines is 2. The number of benzene rings is 3. The van der Waals surface area contributed by atoms with Gasteiger partial charge in [-0.3, -0.25) is 14.5 Å². The number of rotatable bonds is 5. The predicted molar refractivity (Wildman–Crippen MR) is 126 cm³/mol. The van der Waals surface area contributed by atoms with Gasteiger partial charge in [0.05, 0.1) is 12.9 Å². The number of para-hydroxylation sites is 1. The number of aryl methyl sites for hydroxylation is 2. The number of nitrogens with one attached hydrogen (secondary N) is 1. The number of thioether (sulfide) groups is 1. The number of methoxy groups -OCH3 is 1. The molecule has 3 aromatic carbocycles. The van der Waals surface area contributed by atoms with Crippen molar-refractivity contribution < 1.29 is 14.3 Å². The number of carbonyl (C=O) groups excluding carboxylic acids is 2. The molecule has 1 saturated heterocycles. The molecule has 5 nitrogen and oxygen atoms in total. The van der Waals surface area contributed by atoms with Crippen molar-refractivity contribution in [1.29, 1.82) is 0 Å². The fraction of sp³-hybridized carbons (Fsp3) is 0.200. The molecule has 1 unspecified atom stereocenters. The van der Waals surface area contributed by atoms with Crippen LogP contribution in [0.2, 0.25) is 0 Å². The average molecular weight is 433 g/mol. The van der Waals surface area contributed by atoms with Crippen molar-refractivity contribution in [2.24, 2.45) is 0 Å². The van der Waals surface area contributed by atoms with Gasteiger partial charge >= 0.3 is 0 Å². The molecule has 0 saturated carbocycles. The topological polar surface area (TPSA) is 58.6 Å². The van der Waals surface area contributed by atoms with Crippen molar-refractivity contribution in [1.82, 2.24) is 0 Å². The highest BCUT2D eigenvalue weighted by atomic mass is 32.2. The number of hydrogen-bond acceptors (Lipinski definition) is 4. The summed E-state index contributed by atoms with van der Waals surface area (Å²) in [6.45, 7) is 4.06. The van der Waals surface area contributed by atoms with Gasteiger partial charge in [-0.25, -0.2) is 0 Å². The molecular formula is C25H24N2O3S. The summed E-state index contributed by atoms with van der Waals surface area (Å²) < 4.78 is 5.23. The molecule has 1 atom stereocenters. The van der Waals surface area contributed by atoms with Crippen LogP contribution < -0.4 is 15.0 Å². The predicted octanol–water partition coefficient (Wildman–Crippen LogP) is 5.34. The second kappa shape index (κ2) is 8.86. The zero-order valence-electron chi connectivity index (χ0n) is 17.7. The minimum absolute atomic E-state index is 0.0656. The van der Waals surface area contributed by atoms with Crippen LogP contribution in [-0.4, -0.2) is 24.7 Å². The first-order valence-corrected chi connectivity index (χ1v) is 11.1. The summed E-state index contributed by atoms with van der Waals surface area (Å²) in [6, 6.07) is 20.8. The second-order valence-corrected chi connectivity index (χ2v) is 8.56. The first-order valence-electron chi connectivity index (χ1n) is 10.0. The molecule has 1 N–H and O–H groups in total. The van der Waals surface area contributed by atoms with Crippen molar-refractivity contribution >= 4 is 35.0 Å². The summed E-state index contributed by atoms with van der Waals surface area (Å²) in [4.78, 5) is 27.6. The second-order valence-electron chi connectivity index (χ2n) is 7.49. The van der Waals surface area contributed by atoms with E-state index in [0.29, 0.717) is 22.8 Å². The third-order valence-electron chi connectivity index (χ3n) is 5.29. The van der Waals surface area contributed by atoms with E-state index < -0.39 is 0 Å². The molecule has 1 aliphatic heterocycles. The Kier molecular flexibility index (Phi) is 6.00. The van der Waals surface area contributed by atoms with E-state index in [-0.39, 0.29) is 17.2 Å². The summed E-state index contributed by atoms with van der Waals surface area (Å²) >= 11 is 1.57. The summed E-state index contributed by atoms with van der Waals surface area (Å²) in [6.07, 6.45) is 0. The molecule has 6 heteroatoms. The molecule has 31 heavy (non-hydrogen) atoms. The number of nitrogens with zero attached hydrogens (tertiary/aromatic N) is 1. The average Bonchev–Trinajstić information content (AvgIpc) is 3.15. The van der Waals surface area contributed by atoms with Gasteiger partial charge < -0.3 is 10.1 Å². The number of amides is 2. The minimum Gasteiger partial charge on any atom is -0.497 e. The van der Waals surface area contributed by atoms with Gasteiger partial charge in [-0.2, -0.15) is 0 Å². The van der Waals surface area contributed by atoms with Crippen molar-refractivity contribution in [2.75, 3.05) is 23.1 Å². The van der Waals surface area contributed by atoms with E-state index in [9.17, 15) is 9.59 Å². The zero-order valence-corrected chi connectivity index (χ0v) is 18.5. The highest BCUT2D eigenvalue weighted by Gasteiger charge is 2.36. The lowest BCUT2D eigenvalue weighted by atomic mass is 10.1. The molecule has 0 bridgehead atoms. The van der Waals surface area contributed by atoms with Gasteiger partial charge in [-0.05, 0) is 49.7 Å². The van der Waals surface area contributed by atoms with E-state index in [1.54, 1.807) is 43.1 Å². The van der Waals surface area contributed by atoms with Crippen LogP contribution >= 0.6 is 11.8 Å². The number of ether oxygens (including phenoxy) is 1. The minimum atomic E-state index is -0.223. The van der Waals surface area contributed by atoms with E-state index >= 15 is 0 Å². The SMILES string of the molecule is COc1cccc(C(=O)Nc2ccccc2C2SCC(=O)N2c2ccc(C)cc2C)c1. The van der Waals surface area contributed by atoms with Crippen LogP contribution in [0.5, 0.6) is 5.75 Å². The lowest BCUT2D eigenvalue weighted by molar-refractivity contribution is -0.115. The standard InChI is InChI=1S/C25H24N2O3S/c1-16-11-12-22(17(2)13-16)27-23(28)15-31-25(27)20-9-4-5-10-21(20)26-24(29)18-7-6-8-19(14-18)30-3/h4-14,25H,15H2,1-3H3,(H,26,29). The fourth-order valence-corrected chi connectivity index (χ4v) is 4.98. The maximum atomic E-state index is 12.9. The van der Waals surface area contributed by atoms with Gasteiger partial charge in [0.1, 0.15) is 11.1 Å². The monoisotopic (exact) mass is 432 g/mol. The van der Waals surface area contributed by atoms with Crippen molar-refractivity contribution in [3.8, 4) is 5.75 Å². The van der Waals surface area contributed by atoms with E-state index in [0.717, 1.165) is 22.4 Å². The van der Waals surface area contributed by atoms with Gasteiger partial charge in [-0.1, -0.05) is 42.0 Å². The van der Waals surface area contributed by atoms with E-state index in [4.69, 9.17) is 4.74 Å². The van der Waals surface area contributed by atoms with Crippen LogP contribution in [0.4, 0.5) is 11.4 Å². The molecule has 158 valence electrons. The lowest BCUT2D eigenvalue weighted by Crippen LogP contribution is -2.29. The smallest absolute Gasteiger partial charge is 0.255 e. The Morgan fingerprint density at radius 1 is 1.06 bits per heavy atom. The Morgan fingerprint density at radius 2 is 1.87 bits per heavy atom. The van der Waals surface area contributed by atoms with Crippen molar-refractivity contribution in [3.63, 3.8) is 0 Å². The third kappa shape index (κ3) is 4.30.